The first-order valence-corrected chi connectivity index (χ1v) is 6.11. The van der Waals surface area contributed by atoms with Crippen molar-refractivity contribution < 1.29 is 13.9 Å². The number of methoxy groups -OCH3 is 1. The minimum atomic E-state index is -1.01. The lowest BCUT2D eigenvalue weighted by molar-refractivity contribution is 0.0650. The molecule has 3 heterocycles. The Labute approximate surface area is 109 Å². The molecule has 1 saturated heterocycles. The molecule has 0 unspecified atom stereocenters. The summed E-state index contributed by atoms with van der Waals surface area (Å²) in [5.74, 6) is 0.671. The topological polar surface area (TPSA) is 47.5 Å². The third-order valence-corrected chi connectivity index (χ3v) is 3.50. The highest BCUT2D eigenvalue weighted by Gasteiger charge is 2.36. The molecule has 3 rings (SSSR count). The number of hydrogen-bond donors (Lipinski definition) is 0. The van der Waals surface area contributed by atoms with E-state index in [0.29, 0.717) is 25.6 Å². The van der Waals surface area contributed by atoms with Gasteiger partial charge >= 0.3 is 0 Å². The Morgan fingerprint density at radius 3 is 2.94 bits per heavy atom. The van der Waals surface area contributed by atoms with Crippen molar-refractivity contribution in [3.63, 3.8) is 0 Å². The van der Waals surface area contributed by atoms with E-state index in [4.69, 9.17) is 21.1 Å². The summed E-state index contributed by atoms with van der Waals surface area (Å²) in [5.41, 5.74) is 1.70. The summed E-state index contributed by atoms with van der Waals surface area (Å²) < 4.78 is 24.1. The summed E-state index contributed by atoms with van der Waals surface area (Å²) in [4.78, 5) is 10.2. The van der Waals surface area contributed by atoms with Crippen LogP contribution in [-0.4, -0.2) is 42.4 Å². The zero-order valence-electron chi connectivity index (χ0n) is 9.90. The lowest BCUT2D eigenvalue weighted by atomic mass is 10.2. The standard InChI is InChI=1S/C11H13ClFN3O2/c1-17-9-3-16(2-7(9)13)10-6-4-18-5-8(6)14-11(12)15-10/h7,9H,2-5H2,1H3/t7-,9-/m0/s1. The van der Waals surface area contributed by atoms with Gasteiger partial charge in [-0.3, -0.25) is 0 Å². The number of hydrogen-bond acceptors (Lipinski definition) is 5. The van der Waals surface area contributed by atoms with Gasteiger partial charge in [-0.1, -0.05) is 0 Å². The van der Waals surface area contributed by atoms with Crippen LogP contribution in [0.2, 0.25) is 5.28 Å². The highest BCUT2D eigenvalue weighted by molar-refractivity contribution is 6.28. The molecule has 2 aliphatic heterocycles. The Kier molecular flexibility index (Phi) is 3.09. The molecule has 98 valence electrons. The van der Waals surface area contributed by atoms with E-state index in [-0.39, 0.29) is 11.8 Å². The largest absolute Gasteiger partial charge is 0.377 e. The summed E-state index contributed by atoms with van der Waals surface area (Å²) in [6, 6.07) is 0. The fourth-order valence-corrected chi connectivity index (χ4v) is 2.58. The smallest absolute Gasteiger partial charge is 0.224 e. The molecule has 1 aromatic rings. The van der Waals surface area contributed by atoms with E-state index in [1.165, 1.54) is 7.11 Å². The van der Waals surface area contributed by atoms with Crippen LogP contribution in [0, 0.1) is 0 Å². The second-order valence-corrected chi connectivity index (χ2v) is 4.77. The van der Waals surface area contributed by atoms with Crippen LogP contribution in [-0.2, 0) is 22.7 Å². The highest BCUT2D eigenvalue weighted by atomic mass is 35.5. The van der Waals surface area contributed by atoms with Crippen LogP contribution in [0.1, 0.15) is 11.3 Å². The monoisotopic (exact) mass is 273 g/mol. The van der Waals surface area contributed by atoms with Gasteiger partial charge in [0.2, 0.25) is 5.28 Å². The van der Waals surface area contributed by atoms with Gasteiger partial charge in [0.05, 0.1) is 25.5 Å². The van der Waals surface area contributed by atoms with Gasteiger partial charge in [-0.25, -0.2) is 14.4 Å². The first kappa shape index (κ1) is 12.1. The van der Waals surface area contributed by atoms with Crippen molar-refractivity contribution in [2.24, 2.45) is 0 Å². The SMILES string of the molecule is CO[C@H]1CN(c2nc(Cl)nc3c2COC3)C[C@@H]1F. The molecule has 2 atom stereocenters. The maximum absolute atomic E-state index is 13.7. The normalized spacial score (nSPS) is 26.7. The summed E-state index contributed by atoms with van der Waals surface area (Å²) in [7, 11) is 1.52. The molecule has 0 aliphatic carbocycles. The molecule has 5 nitrogen and oxygen atoms in total. The molecule has 1 aromatic heterocycles. The molecule has 18 heavy (non-hydrogen) atoms. The number of nitrogens with zero attached hydrogens (tertiary/aromatic N) is 3. The third-order valence-electron chi connectivity index (χ3n) is 3.33. The second-order valence-electron chi connectivity index (χ2n) is 4.43. The van der Waals surface area contributed by atoms with E-state index >= 15 is 0 Å². The molecular weight excluding hydrogens is 261 g/mol. The maximum Gasteiger partial charge on any atom is 0.224 e. The highest BCUT2D eigenvalue weighted by Crippen LogP contribution is 2.31. The van der Waals surface area contributed by atoms with Crippen LogP contribution in [0.15, 0.2) is 0 Å². The van der Waals surface area contributed by atoms with Crippen LogP contribution in [0.25, 0.3) is 0 Å². The summed E-state index contributed by atoms with van der Waals surface area (Å²) in [6.45, 7) is 1.62. The Morgan fingerprint density at radius 2 is 2.22 bits per heavy atom. The van der Waals surface area contributed by atoms with E-state index in [9.17, 15) is 4.39 Å². The fraction of sp³-hybridized carbons (Fsp3) is 0.636. The summed E-state index contributed by atoms with van der Waals surface area (Å²) >= 11 is 5.88. The quantitative estimate of drug-likeness (QED) is 0.761. The number of aromatic nitrogens is 2. The maximum atomic E-state index is 13.7. The molecule has 7 heteroatoms. The van der Waals surface area contributed by atoms with Gasteiger partial charge in [0.15, 0.2) is 0 Å². The van der Waals surface area contributed by atoms with Gasteiger partial charge in [0.1, 0.15) is 18.1 Å². The molecule has 0 amide bonds. The van der Waals surface area contributed by atoms with Crippen LogP contribution < -0.4 is 4.90 Å². The van der Waals surface area contributed by atoms with Crippen LogP contribution >= 0.6 is 11.6 Å². The molecule has 0 bridgehead atoms. The molecule has 0 radical (unpaired) electrons. The average molecular weight is 274 g/mol. The molecule has 0 spiro atoms. The van der Waals surface area contributed by atoms with Crippen molar-refractivity contribution in [2.75, 3.05) is 25.1 Å². The lowest BCUT2D eigenvalue weighted by Crippen LogP contribution is -2.24. The zero-order valence-corrected chi connectivity index (χ0v) is 10.7. The number of alkyl halides is 1. The molecule has 0 aromatic carbocycles. The van der Waals surface area contributed by atoms with E-state index in [1.54, 1.807) is 0 Å². The minimum absolute atomic E-state index is 0.172. The lowest BCUT2D eigenvalue weighted by Gasteiger charge is -2.19. The molecule has 0 saturated carbocycles. The predicted octanol–water partition coefficient (Wildman–Crippen LogP) is 1.33. The van der Waals surface area contributed by atoms with E-state index < -0.39 is 12.3 Å². The van der Waals surface area contributed by atoms with Crippen LogP contribution in [0.5, 0.6) is 0 Å². The Bertz CT molecular complexity index is 474. The Hall–Kier alpha value is -0.980. The van der Waals surface area contributed by atoms with Crippen molar-refractivity contribution in [2.45, 2.75) is 25.5 Å². The molecule has 0 N–H and O–H groups in total. The van der Waals surface area contributed by atoms with Gasteiger partial charge in [-0.2, -0.15) is 0 Å². The van der Waals surface area contributed by atoms with Crippen LogP contribution in [0.4, 0.5) is 10.2 Å². The van der Waals surface area contributed by atoms with Gasteiger partial charge in [-0.15, -0.1) is 0 Å². The van der Waals surface area contributed by atoms with Crippen molar-refractivity contribution >= 4 is 17.4 Å². The number of anilines is 1. The van der Waals surface area contributed by atoms with Crippen molar-refractivity contribution in [3.8, 4) is 0 Å². The van der Waals surface area contributed by atoms with Gasteiger partial charge in [0, 0.05) is 19.2 Å². The van der Waals surface area contributed by atoms with E-state index in [2.05, 4.69) is 9.97 Å². The van der Waals surface area contributed by atoms with Gasteiger partial charge in [-0.05, 0) is 11.6 Å². The van der Waals surface area contributed by atoms with Gasteiger partial charge < -0.3 is 14.4 Å². The minimum Gasteiger partial charge on any atom is -0.377 e. The van der Waals surface area contributed by atoms with Gasteiger partial charge in [0.25, 0.3) is 0 Å². The van der Waals surface area contributed by atoms with Crippen molar-refractivity contribution in [1.82, 2.24) is 9.97 Å². The number of halogens is 2. The fourth-order valence-electron chi connectivity index (χ4n) is 2.40. The second kappa shape index (κ2) is 4.60. The van der Waals surface area contributed by atoms with Crippen molar-refractivity contribution in [1.29, 1.82) is 0 Å². The molecular formula is C11H13ClFN3O2. The number of rotatable bonds is 2. The Balaban J connectivity index is 1.94. The molecule has 2 aliphatic rings. The van der Waals surface area contributed by atoms with Crippen molar-refractivity contribution in [3.05, 3.63) is 16.5 Å². The first-order valence-electron chi connectivity index (χ1n) is 5.74. The third kappa shape index (κ3) is 1.94. The number of fused-ring (bicyclic) bond motifs is 1. The zero-order chi connectivity index (χ0) is 12.7. The van der Waals surface area contributed by atoms with Crippen LogP contribution in [0.3, 0.4) is 0 Å². The van der Waals surface area contributed by atoms with E-state index in [1.807, 2.05) is 4.90 Å². The predicted molar refractivity (Wildman–Crippen MR) is 63.4 cm³/mol. The summed E-state index contributed by atoms with van der Waals surface area (Å²) in [6.07, 6.45) is -1.43. The summed E-state index contributed by atoms with van der Waals surface area (Å²) in [5, 5.41) is 0.172. The number of ether oxygens (including phenoxy) is 2. The first-order chi connectivity index (χ1) is 8.69. The average Bonchev–Trinajstić information content (AvgIpc) is 2.93. The Morgan fingerprint density at radius 1 is 1.39 bits per heavy atom. The van der Waals surface area contributed by atoms with E-state index in [0.717, 1.165) is 11.3 Å². The molecule has 1 fully saturated rings.